The third kappa shape index (κ3) is 4.38. The summed E-state index contributed by atoms with van der Waals surface area (Å²) in [5, 5.41) is 0. The fourth-order valence-corrected chi connectivity index (χ4v) is 4.84. The summed E-state index contributed by atoms with van der Waals surface area (Å²) in [5.41, 5.74) is 2.89. The first-order chi connectivity index (χ1) is 14.4. The predicted molar refractivity (Wildman–Crippen MR) is 119 cm³/mol. The van der Waals surface area contributed by atoms with Gasteiger partial charge in [0.2, 0.25) is 0 Å². The number of likely N-dealkylation sites (tertiary alicyclic amines) is 1. The van der Waals surface area contributed by atoms with E-state index in [0.717, 1.165) is 23.3 Å². The highest BCUT2D eigenvalue weighted by Gasteiger charge is 2.39. The predicted octanol–water partition coefficient (Wildman–Crippen LogP) is 6.46. The van der Waals surface area contributed by atoms with E-state index in [1.807, 2.05) is 30.3 Å². The van der Waals surface area contributed by atoms with Crippen molar-refractivity contribution >= 4 is 0 Å². The summed E-state index contributed by atoms with van der Waals surface area (Å²) in [6.07, 6.45) is 3.80. The van der Waals surface area contributed by atoms with E-state index >= 15 is 0 Å². The van der Waals surface area contributed by atoms with Crippen LogP contribution in [-0.2, 0) is 0 Å². The molecule has 0 aromatic heterocycles. The summed E-state index contributed by atoms with van der Waals surface area (Å²) >= 11 is 0. The van der Waals surface area contributed by atoms with Crippen LogP contribution in [0.25, 0.3) is 0 Å². The van der Waals surface area contributed by atoms with E-state index in [2.05, 4.69) is 59.5 Å². The zero-order chi connectivity index (χ0) is 19.5. The van der Waals surface area contributed by atoms with Crippen molar-refractivity contribution in [2.75, 3.05) is 19.6 Å². The quantitative estimate of drug-likeness (QED) is 0.484. The van der Waals surface area contributed by atoms with E-state index in [-0.39, 0.29) is 0 Å². The molecule has 0 spiro atoms. The van der Waals surface area contributed by atoms with Gasteiger partial charge in [-0.3, -0.25) is 0 Å². The van der Waals surface area contributed by atoms with E-state index in [1.165, 1.54) is 50.0 Å². The van der Waals surface area contributed by atoms with E-state index in [1.54, 1.807) is 0 Å². The topological polar surface area (TPSA) is 12.5 Å². The summed E-state index contributed by atoms with van der Waals surface area (Å²) in [4.78, 5) is 2.69. The van der Waals surface area contributed by atoms with Crippen molar-refractivity contribution in [2.45, 2.75) is 31.1 Å². The van der Waals surface area contributed by atoms with Gasteiger partial charge in [0.1, 0.15) is 11.5 Å². The number of para-hydroxylation sites is 2. The standard InChI is InChI=1S/C27H29NO/c1-3-9-21(10-4-1)26-19-23(26)20-28-17-15-22(16-18-28)25-13-7-8-14-27(25)29-24-11-5-2-6-12-24/h1-14,22-23,26H,15-20H2/t23-,26-/m0/s1. The van der Waals surface area contributed by atoms with Gasteiger partial charge < -0.3 is 9.64 Å². The number of piperidine rings is 1. The van der Waals surface area contributed by atoms with Crippen LogP contribution < -0.4 is 4.74 Å². The van der Waals surface area contributed by atoms with Crippen molar-refractivity contribution in [1.29, 1.82) is 0 Å². The Morgan fingerprint density at radius 1 is 0.759 bits per heavy atom. The van der Waals surface area contributed by atoms with Crippen LogP contribution >= 0.6 is 0 Å². The van der Waals surface area contributed by atoms with Crippen LogP contribution in [0.3, 0.4) is 0 Å². The van der Waals surface area contributed by atoms with Gasteiger partial charge in [-0.2, -0.15) is 0 Å². The number of hydrogen-bond acceptors (Lipinski definition) is 2. The lowest BCUT2D eigenvalue weighted by Gasteiger charge is -2.33. The Balaban J connectivity index is 1.18. The van der Waals surface area contributed by atoms with E-state index in [0.29, 0.717) is 5.92 Å². The van der Waals surface area contributed by atoms with Crippen LogP contribution in [-0.4, -0.2) is 24.5 Å². The molecule has 0 N–H and O–H groups in total. The van der Waals surface area contributed by atoms with Gasteiger partial charge in [-0.1, -0.05) is 66.7 Å². The van der Waals surface area contributed by atoms with E-state index in [4.69, 9.17) is 4.74 Å². The molecular weight excluding hydrogens is 354 g/mol. The first-order valence-corrected chi connectivity index (χ1v) is 11.0. The van der Waals surface area contributed by atoms with Crippen LogP contribution in [0.1, 0.15) is 42.2 Å². The molecule has 148 valence electrons. The zero-order valence-corrected chi connectivity index (χ0v) is 16.9. The molecule has 0 radical (unpaired) electrons. The second-order valence-electron chi connectivity index (χ2n) is 8.54. The van der Waals surface area contributed by atoms with Crippen molar-refractivity contribution < 1.29 is 4.74 Å². The molecular formula is C27H29NO. The van der Waals surface area contributed by atoms with Gasteiger partial charge in [0, 0.05) is 6.54 Å². The fraction of sp³-hybridized carbons (Fsp3) is 0.333. The Kier molecular flexibility index (Phi) is 5.36. The second-order valence-corrected chi connectivity index (χ2v) is 8.54. The lowest BCUT2D eigenvalue weighted by Crippen LogP contribution is -2.34. The van der Waals surface area contributed by atoms with Gasteiger partial charge in [-0.05, 0) is 79.4 Å². The third-order valence-electron chi connectivity index (χ3n) is 6.56. The van der Waals surface area contributed by atoms with E-state index < -0.39 is 0 Å². The molecule has 2 fully saturated rings. The summed E-state index contributed by atoms with van der Waals surface area (Å²) < 4.78 is 6.21. The van der Waals surface area contributed by atoms with Crippen molar-refractivity contribution in [3.63, 3.8) is 0 Å². The Morgan fingerprint density at radius 2 is 1.41 bits per heavy atom. The summed E-state index contributed by atoms with van der Waals surface area (Å²) in [7, 11) is 0. The maximum absolute atomic E-state index is 6.21. The van der Waals surface area contributed by atoms with Gasteiger partial charge in [0.05, 0.1) is 0 Å². The molecule has 0 amide bonds. The lowest BCUT2D eigenvalue weighted by molar-refractivity contribution is 0.202. The van der Waals surface area contributed by atoms with Crippen LogP contribution in [0, 0.1) is 5.92 Å². The first-order valence-electron chi connectivity index (χ1n) is 11.0. The van der Waals surface area contributed by atoms with E-state index in [9.17, 15) is 0 Å². The number of benzene rings is 3. The number of hydrogen-bond donors (Lipinski definition) is 0. The minimum absolute atomic E-state index is 0.593. The minimum atomic E-state index is 0.593. The molecule has 1 aliphatic carbocycles. The van der Waals surface area contributed by atoms with Gasteiger partial charge in [0.15, 0.2) is 0 Å². The highest BCUT2D eigenvalue weighted by atomic mass is 16.5. The smallest absolute Gasteiger partial charge is 0.130 e. The molecule has 0 unspecified atom stereocenters. The molecule has 5 rings (SSSR count). The van der Waals surface area contributed by atoms with Crippen LogP contribution in [0.5, 0.6) is 11.5 Å². The van der Waals surface area contributed by atoms with Crippen molar-refractivity contribution in [1.82, 2.24) is 4.90 Å². The molecule has 0 bridgehead atoms. The molecule has 1 aliphatic heterocycles. The monoisotopic (exact) mass is 383 g/mol. The Morgan fingerprint density at radius 3 is 2.17 bits per heavy atom. The number of ether oxygens (including phenoxy) is 1. The Bertz CT molecular complexity index is 916. The number of rotatable bonds is 6. The molecule has 3 aromatic carbocycles. The number of nitrogens with zero attached hydrogens (tertiary/aromatic N) is 1. The zero-order valence-electron chi connectivity index (χ0n) is 16.9. The summed E-state index contributed by atoms with van der Waals surface area (Å²) in [6.45, 7) is 3.65. The average molecular weight is 384 g/mol. The minimum Gasteiger partial charge on any atom is -0.457 e. The molecule has 29 heavy (non-hydrogen) atoms. The highest BCUT2D eigenvalue weighted by molar-refractivity contribution is 5.40. The van der Waals surface area contributed by atoms with Gasteiger partial charge in [0.25, 0.3) is 0 Å². The largest absolute Gasteiger partial charge is 0.457 e. The van der Waals surface area contributed by atoms with Crippen molar-refractivity contribution in [2.24, 2.45) is 5.92 Å². The molecule has 3 aromatic rings. The fourth-order valence-electron chi connectivity index (χ4n) is 4.84. The first kappa shape index (κ1) is 18.4. The molecule has 1 saturated carbocycles. The SMILES string of the molecule is c1ccc(Oc2ccccc2C2CCN(C[C@@H]3C[C@H]3c3ccccc3)CC2)cc1. The third-order valence-corrected chi connectivity index (χ3v) is 6.56. The Hall–Kier alpha value is -2.58. The molecule has 2 nitrogen and oxygen atoms in total. The normalized spacial score (nSPS) is 22.3. The van der Waals surface area contributed by atoms with Crippen molar-refractivity contribution in [3.05, 3.63) is 96.1 Å². The lowest BCUT2D eigenvalue weighted by atomic mass is 9.88. The molecule has 2 heteroatoms. The highest BCUT2D eigenvalue weighted by Crippen LogP contribution is 2.48. The molecule has 1 heterocycles. The molecule has 2 aliphatic rings. The van der Waals surface area contributed by atoms with Gasteiger partial charge in [-0.15, -0.1) is 0 Å². The molecule has 2 atom stereocenters. The van der Waals surface area contributed by atoms with Crippen LogP contribution in [0.2, 0.25) is 0 Å². The van der Waals surface area contributed by atoms with Crippen molar-refractivity contribution in [3.8, 4) is 11.5 Å². The average Bonchev–Trinajstić information content (AvgIpc) is 3.55. The molecule has 1 saturated heterocycles. The summed E-state index contributed by atoms with van der Waals surface area (Å²) in [6, 6.07) is 29.8. The maximum Gasteiger partial charge on any atom is 0.130 e. The van der Waals surface area contributed by atoms with Crippen LogP contribution in [0.4, 0.5) is 0 Å². The van der Waals surface area contributed by atoms with Crippen LogP contribution in [0.15, 0.2) is 84.9 Å². The summed E-state index contributed by atoms with van der Waals surface area (Å²) in [5.74, 6) is 4.16. The Labute approximate surface area is 174 Å². The van der Waals surface area contributed by atoms with Gasteiger partial charge >= 0.3 is 0 Å². The van der Waals surface area contributed by atoms with Gasteiger partial charge in [-0.25, -0.2) is 0 Å². The second kappa shape index (κ2) is 8.42. The maximum atomic E-state index is 6.21.